The van der Waals surface area contributed by atoms with E-state index in [0.29, 0.717) is 5.76 Å². The molecule has 0 atom stereocenters. The predicted molar refractivity (Wildman–Crippen MR) is 59.7 cm³/mol. The lowest BCUT2D eigenvalue weighted by Crippen LogP contribution is -2.44. The molecule has 0 fully saturated rings. The lowest BCUT2D eigenvalue weighted by Gasteiger charge is -2.32. The normalized spacial score (nSPS) is 11.5. The van der Waals surface area contributed by atoms with Gasteiger partial charge in [0.25, 0.3) is 0 Å². The van der Waals surface area contributed by atoms with Gasteiger partial charge in [-0.2, -0.15) is 0 Å². The lowest BCUT2D eigenvalue weighted by molar-refractivity contribution is 0.0907. The standard InChI is InChI=1S/C10H14BrNO3/c1-10(2,3)12(9(13)14)5-8-4-7(11)6-15-8/h4,6H,5H2,1-3H3,(H,13,14). The Kier molecular flexibility index (Phi) is 3.44. The van der Waals surface area contributed by atoms with Gasteiger partial charge in [0.2, 0.25) is 0 Å². The van der Waals surface area contributed by atoms with Gasteiger partial charge >= 0.3 is 6.09 Å². The van der Waals surface area contributed by atoms with Crippen LogP contribution in [0, 0.1) is 0 Å². The minimum Gasteiger partial charge on any atom is -0.466 e. The van der Waals surface area contributed by atoms with Gasteiger partial charge in [-0.05, 0) is 42.8 Å². The van der Waals surface area contributed by atoms with Crippen LogP contribution in [-0.4, -0.2) is 21.6 Å². The molecule has 1 aromatic rings. The maximum atomic E-state index is 11.0. The van der Waals surface area contributed by atoms with E-state index >= 15 is 0 Å². The molecule has 4 nitrogen and oxygen atoms in total. The number of rotatable bonds is 2. The van der Waals surface area contributed by atoms with Crippen LogP contribution in [0.2, 0.25) is 0 Å². The highest BCUT2D eigenvalue weighted by atomic mass is 79.9. The number of furan rings is 1. The summed E-state index contributed by atoms with van der Waals surface area (Å²) in [7, 11) is 0. The molecule has 0 aliphatic rings. The zero-order valence-electron chi connectivity index (χ0n) is 8.95. The highest BCUT2D eigenvalue weighted by Gasteiger charge is 2.26. The average Bonchev–Trinajstić information content (AvgIpc) is 2.44. The first-order chi connectivity index (χ1) is 6.80. The summed E-state index contributed by atoms with van der Waals surface area (Å²) in [5.74, 6) is 0.624. The Morgan fingerprint density at radius 2 is 2.20 bits per heavy atom. The second-order valence-electron chi connectivity index (χ2n) is 4.27. The second-order valence-corrected chi connectivity index (χ2v) is 5.19. The topological polar surface area (TPSA) is 53.7 Å². The summed E-state index contributed by atoms with van der Waals surface area (Å²) in [6, 6.07) is 1.77. The Hall–Kier alpha value is -0.970. The van der Waals surface area contributed by atoms with E-state index in [9.17, 15) is 4.79 Å². The molecule has 0 radical (unpaired) electrons. The van der Waals surface area contributed by atoms with Gasteiger partial charge < -0.3 is 9.52 Å². The van der Waals surface area contributed by atoms with Gasteiger partial charge in [-0.3, -0.25) is 4.90 Å². The number of hydrogen-bond acceptors (Lipinski definition) is 2. The Morgan fingerprint density at radius 3 is 2.53 bits per heavy atom. The molecule has 0 saturated carbocycles. The van der Waals surface area contributed by atoms with Crippen molar-refractivity contribution < 1.29 is 14.3 Å². The molecule has 84 valence electrons. The molecular weight excluding hydrogens is 262 g/mol. The first kappa shape index (κ1) is 12.1. The highest BCUT2D eigenvalue weighted by molar-refractivity contribution is 9.10. The van der Waals surface area contributed by atoms with Crippen molar-refractivity contribution in [3.05, 3.63) is 22.6 Å². The Labute approximate surface area is 97.0 Å². The molecule has 0 spiro atoms. The molecule has 0 aliphatic heterocycles. The smallest absolute Gasteiger partial charge is 0.408 e. The first-order valence-electron chi connectivity index (χ1n) is 4.54. The zero-order chi connectivity index (χ0) is 11.6. The summed E-state index contributed by atoms with van der Waals surface area (Å²) < 4.78 is 6.00. The third-order valence-corrected chi connectivity index (χ3v) is 2.39. The lowest BCUT2D eigenvalue weighted by atomic mass is 10.1. The van der Waals surface area contributed by atoms with Crippen LogP contribution >= 0.6 is 15.9 Å². The van der Waals surface area contributed by atoms with E-state index < -0.39 is 11.6 Å². The van der Waals surface area contributed by atoms with Gasteiger partial charge in [0.1, 0.15) is 12.0 Å². The molecule has 1 rings (SSSR count). The number of carbonyl (C=O) groups is 1. The van der Waals surface area contributed by atoms with E-state index in [-0.39, 0.29) is 6.54 Å². The second kappa shape index (κ2) is 4.26. The molecule has 5 heteroatoms. The minimum atomic E-state index is -0.949. The number of nitrogens with zero attached hydrogens (tertiary/aromatic N) is 1. The third kappa shape index (κ3) is 3.27. The molecule has 1 aromatic heterocycles. The molecule has 0 bridgehead atoms. The van der Waals surface area contributed by atoms with E-state index in [2.05, 4.69) is 15.9 Å². The van der Waals surface area contributed by atoms with Crippen LogP contribution in [0.3, 0.4) is 0 Å². The average molecular weight is 276 g/mol. The third-order valence-electron chi connectivity index (χ3n) is 1.98. The largest absolute Gasteiger partial charge is 0.466 e. The Morgan fingerprint density at radius 1 is 1.60 bits per heavy atom. The molecule has 15 heavy (non-hydrogen) atoms. The zero-order valence-corrected chi connectivity index (χ0v) is 10.5. The summed E-state index contributed by atoms with van der Waals surface area (Å²) in [6.07, 6.45) is 0.591. The van der Waals surface area contributed by atoms with E-state index in [1.54, 1.807) is 6.07 Å². The van der Waals surface area contributed by atoms with Gasteiger partial charge in [-0.15, -0.1) is 0 Å². The Balaban J connectivity index is 2.81. The number of hydrogen-bond donors (Lipinski definition) is 1. The van der Waals surface area contributed by atoms with Crippen molar-refractivity contribution >= 4 is 22.0 Å². The van der Waals surface area contributed by atoms with Crippen molar-refractivity contribution in [2.45, 2.75) is 32.9 Å². The van der Waals surface area contributed by atoms with Gasteiger partial charge in [0.15, 0.2) is 0 Å². The molecule has 0 aliphatic carbocycles. The molecule has 1 N–H and O–H groups in total. The van der Waals surface area contributed by atoms with Crippen molar-refractivity contribution in [1.82, 2.24) is 4.90 Å². The van der Waals surface area contributed by atoms with Crippen molar-refractivity contribution in [1.29, 1.82) is 0 Å². The SMILES string of the molecule is CC(C)(C)N(Cc1cc(Br)co1)C(=O)O. The number of halogens is 1. The van der Waals surface area contributed by atoms with Gasteiger partial charge in [0.05, 0.1) is 11.0 Å². The summed E-state index contributed by atoms with van der Waals surface area (Å²) in [4.78, 5) is 12.4. The van der Waals surface area contributed by atoms with Gasteiger partial charge in [-0.25, -0.2) is 4.79 Å². The number of amides is 1. The fraction of sp³-hybridized carbons (Fsp3) is 0.500. The summed E-state index contributed by atoms with van der Waals surface area (Å²) in [5.41, 5.74) is -0.439. The van der Waals surface area contributed by atoms with Gasteiger partial charge in [0, 0.05) is 5.54 Å². The summed E-state index contributed by atoms with van der Waals surface area (Å²) >= 11 is 3.25. The summed E-state index contributed by atoms with van der Waals surface area (Å²) in [5, 5.41) is 9.05. The minimum absolute atomic E-state index is 0.254. The van der Waals surface area contributed by atoms with Crippen molar-refractivity contribution in [3.63, 3.8) is 0 Å². The first-order valence-corrected chi connectivity index (χ1v) is 5.33. The van der Waals surface area contributed by atoms with E-state index in [1.165, 1.54) is 11.2 Å². The van der Waals surface area contributed by atoms with Crippen LogP contribution in [0.1, 0.15) is 26.5 Å². The fourth-order valence-electron chi connectivity index (χ4n) is 1.18. The molecule has 1 amide bonds. The predicted octanol–water partition coefficient (Wildman–Crippen LogP) is 3.32. The molecule has 1 heterocycles. The van der Waals surface area contributed by atoms with E-state index in [0.717, 1.165) is 4.47 Å². The molecule has 0 unspecified atom stereocenters. The van der Waals surface area contributed by atoms with Crippen LogP contribution in [0.25, 0.3) is 0 Å². The molecular formula is C10H14BrNO3. The highest BCUT2D eigenvalue weighted by Crippen LogP contribution is 2.20. The molecule has 0 saturated heterocycles. The number of carboxylic acid groups (broad SMARTS) is 1. The Bertz CT molecular complexity index is 354. The summed E-state index contributed by atoms with van der Waals surface area (Å²) in [6.45, 7) is 5.79. The van der Waals surface area contributed by atoms with Crippen molar-refractivity contribution in [2.75, 3.05) is 0 Å². The monoisotopic (exact) mass is 275 g/mol. The van der Waals surface area contributed by atoms with Crippen LogP contribution in [0.5, 0.6) is 0 Å². The van der Waals surface area contributed by atoms with Crippen LogP contribution in [0.4, 0.5) is 4.79 Å². The van der Waals surface area contributed by atoms with Crippen LogP contribution < -0.4 is 0 Å². The van der Waals surface area contributed by atoms with E-state index in [4.69, 9.17) is 9.52 Å². The van der Waals surface area contributed by atoms with Crippen LogP contribution in [-0.2, 0) is 6.54 Å². The maximum absolute atomic E-state index is 11.0. The van der Waals surface area contributed by atoms with E-state index in [1.807, 2.05) is 20.8 Å². The maximum Gasteiger partial charge on any atom is 0.408 e. The molecule has 0 aromatic carbocycles. The van der Waals surface area contributed by atoms with Gasteiger partial charge in [-0.1, -0.05) is 0 Å². The quantitative estimate of drug-likeness (QED) is 0.901. The van der Waals surface area contributed by atoms with Crippen molar-refractivity contribution in [3.8, 4) is 0 Å². The fourth-order valence-corrected chi connectivity index (χ4v) is 1.53. The van der Waals surface area contributed by atoms with Crippen molar-refractivity contribution in [2.24, 2.45) is 0 Å². The van der Waals surface area contributed by atoms with Crippen LogP contribution in [0.15, 0.2) is 21.2 Å².